The molecule has 1 heterocycles. The molecular formula is C18H16F2O4. The first-order valence-electron chi connectivity index (χ1n) is 7.41. The van der Waals surface area contributed by atoms with Gasteiger partial charge < -0.3 is 14.2 Å². The number of carbonyl (C=O) groups excluding carboxylic acids is 1. The number of hydrogen-bond donors (Lipinski definition) is 0. The van der Waals surface area contributed by atoms with Crippen LogP contribution in [0.3, 0.4) is 0 Å². The van der Waals surface area contributed by atoms with Crippen LogP contribution in [0.1, 0.15) is 41.8 Å². The van der Waals surface area contributed by atoms with Crippen LogP contribution in [-0.2, 0) is 11.3 Å². The molecule has 1 aliphatic rings. The van der Waals surface area contributed by atoms with Crippen molar-refractivity contribution >= 4 is 5.97 Å². The van der Waals surface area contributed by atoms with E-state index in [2.05, 4.69) is 0 Å². The molecule has 4 nitrogen and oxygen atoms in total. The summed E-state index contributed by atoms with van der Waals surface area (Å²) >= 11 is 0. The topological polar surface area (TPSA) is 44.8 Å². The van der Waals surface area contributed by atoms with Gasteiger partial charge in [0.1, 0.15) is 23.7 Å². The highest BCUT2D eigenvalue weighted by atomic mass is 19.3. The van der Waals surface area contributed by atoms with E-state index in [1.165, 1.54) is 13.8 Å². The lowest BCUT2D eigenvalue weighted by Gasteiger charge is -2.32. The lowest BCUT2D eigenvalue weighted by molar-refractivity contribution is -0.127. The highest BCUT2D eigenvalue weighted by Crippen LogP contribution is 2.40. The average Bonchev–Trinajstić information content (AvgIpc) is 2.51. The molecule has 126 valence electrons. The van der Waals surface area contributed by atoms with Gasteiger partial charge in [-0.05, 0) is 17.7 Å². The van der Waals surface area contributed by atoms with Crippen LogP contribution >= 0.6 is 0 Å². The Morgan fingerprint density at radius 3 is 2.50 bits per heavy atom. The molecule has 24 heavy (non-hydrogen) atoms. The fourth-order valence-electron chi connectivity index (χ4n) is 2.43. The zero-order valence-corrected chi connectivity index (χ0v) is 13.2. The lowest BCUT2D eigenvalue weighted by Crippen LogP contribution is -2.39. The number of carbonyl (C=O) groups is 1. The fraction of sp³-hybridized carbons (Fsp3) is 0.278. The Kier molecular flexibility index (Phi) is 4.13. The van der Waals surface area contributed by atoms with Gasteiger partial charge >= 0.3 is 5.97 Å². The van der Waals surface area contributed by atoms with E-state index in [0.717, 1.165) is 17.7 Å². The summed E-state index contributed by atoms with van der Waals surface area (Å²) < 4.78 is 42.6. The number of rotatable bonds is 4. The van der Waals surface area contributed by atoms with Crippen molar-refractivity contribution in [2.75, 3.05) is 0 Å². The third-order valence-corrected chi connectivity index (χ3v) is 3.48. The van der Waals surface area contributed by atoms with Crippen LogP contribution in [0, 0.1) is 0 Å². The fourth-order valence-corrected chi connectivity index (χ4v) is 2.43. The second-order valence-electron chi connectivity index (χ2n) is 5.86. The largest absolute Gasteiger partial charge is 0.488 e. The van der Waals surface area contributed by atoms with Gasteiger partial charge in [-0.25, -0.2) is 13.6 Å². The van der Waals surface area contributed by atoms with Crippen molar-refractivity contribution in [1.82, 2.24) is 0 Å². The maximum absolute atomic E-state index is 13.1. The monoisotopic (exact) mass is 334 g/mol. The van der Waals surface area contributed by atoms with Crippen molar-refractivity contribution in [3.05, 3.63) is 59.2 Å². The van der Waals surface area contributed by atoms with Crippen molar-refractivity contribution in [1.29, 1.82) is 0 Å². The summed E-state index contributed by atoms with van der Waals surface area (Å²) in [6, 6.07) is 11.5. The van der Waals surface area contributed by atoms with Gasteiger partial charge in [-0.3, -0.25) is 0 Å². The van der Waals surface area contributed by atoms with Gasteiger partial charge in [-0.15, -0.1) is 0 Å². The minimum atomic E-state index is -2.71. The Morgan fingerprint density at radius 2 is 1.83 bits per heavy atom. The SMILES string of the molecule is CC1(C)OC(=O)c2c(OCc3ccccc3)cc(C(F)F)cc2O1. The van der Waals surface area contributed by atoms with Crippen molar-refractivity contribution in [3.8, 4) is 11.5 Å². The molecule has 0 aliphatic carbocycles. The maximum atomic E-state index is 13.1. The van der Waals surface area contributed by atoms with E-state index in [1.54, 1.807) is 0 Å². The van der Waals surface area contributed by atoms with Crippen molar-refractivity contribution in [2.45, 2.75) is 32.7 Å². The van der Waals surface area contributed by atoms with Crippen LogP contribution in [0.25, 0.3) is 0 Å². The molecule has 0 fully saturated rings. The molecule has 2 aromatic rings. The number of benzene rings is 2. The van der Waals surface area contributed by atoms with Gasteiger partial charge in [0.15, 0.2) is 0 Å². The van der Waals surface area contributed by atoms with Crippen LogP contribution < -0.4 is 9.47 Å². The van der Waals surface area contributed by atoms with Crippen LogP contribution in [-0.4, -0.2) is 11.8 Å². The number of alkyl halides is 2. The van der Waals surface area contributed by atoms with E-state index in [1.807, 2.05) is 30.3 Å². The molecule has 0 bridgehead atoms. The number of ether oxygens (including phenoxy) is 3. The molecule has 0 N–H and O–H groups in total. The minimum Gasteiger partial charge on any atom is -0.488 e. The van der Waals surface area contributed by atoms with Gasteiger partial charge in [0.05, 0.1) is 0 Å². The molecule has 2 aromatic carbocycles. The molecule has 0 saturated heterocycles. The van der Waals surface area contributed by atoms with Crippen molar-refractivity contribution < 1.29 is 27.8 Å². The average molecular weight is 334 g/mol. The number of esters is 1. The second-order valence-corrected chi connectivity index (χ2v) is 5.86. The third-order valence-electron chi connectivity index (χ3n) is 3.48. The molecule has 0 saturated carbocycles. The van der Waals surface area contributed by atoms with Gasteiger partial charge in [0.25, 0.3) is 6.43 Å². The van der Waals surface area contributed by atoms with E-state index >= 15 is 0 Å². The lowest BCUT2D eigenvalue weighted by atomic mass is 10.1. The quantitative estimate of drug-likeness (QED) is 0.773. The molecule has 1 aliphatic heterocycles. The highest BCUT2D eigenvalue weighted by molar-refractivity contribution is 5.96. The molecule has 0 aromatic heterocycles. The van der Waals surface area contributed by atoms with E-state index in [0.29, 0.717) is 0 Å². The van der Waals surface area contributed by atoms with Crippen LogP contribution in [0.2, 0.25) is 0 Å². The molecule has 0 atom stereocenters. The number of fused-ring (bicyclic) bond motifs is 1. The molecule has 3 rings (SSSR count). The first-order valence-corrected chi connectivity index (χ1v) is 7.41. The van der Waals surface area contributed by atoms with Crippen molar-refractivity contribution in [3.63, 3.8) is 0 Å². The van der Waals surface area contributed by atoms with E-state index in [9.17, 15) is 13.6 Å². The Bertz CT molecular complexity index is 757. The predicted octanol–water partition coefficient (Wildman–Crippen LogP) is 4.49. The molecule has 0 amide bonds. The number of cyclic esters (lactones) is 1. The van der Waals surface area contributed by atoms with E-state index in [-0.39, 0.29) is 29.2 Å². The number of halogens is 2. The Labute approximate surface area is 138 Å². The predicted molar refractivity (Wildman–Crippen MR) is 82.3 cm³/mol. The summed E-state index contributed by atoms with van der Waals surface area (Å²) in [5.74, 6) is -1.82. The molecule has 0 spiro atoms. The standard InChI is InChI=1S/C18H16F2O4/c1-18(2)23-14-9-12(16(19)20)8-13(15(14)17(21)24-18)22-10-11-6-4-3-5-7-11/h3-9,16H,10H2,1-2H3. The zero-order chi connectivity index (χ0) is 17.3. The Balaban J connectivity index is 1.98. The minimum absolute atomic E-state index is 0.0205. The van der Waals surface area contributed by atoms with Crippen LogP contribution in [0.4, 0.5) is 8.78 Å². The summed E-state index contributed by atoms with van der Waals surface area (Å²) in [6.07, 6.45) is -2.71. The normalized spacial score (nSPS) is 15.5. The maximum Gasteiger partial charge on any atom is 0.349 e. The molecule has 6 heteroatoms. The van der Waals surface area contributed by atoms with Crippen LogP contribution in [0.15, 0.2) is 42.5 Å². The second kappa shape index (κ2) is 6.11. The Morgan fingerprint density at radius 1 is 1.12 bits per heavy atom. The molecule has 0 unspecified atom stereocenters. The van der Waals surface area contributed by atoms with Gasteiger partial charge in [-0.1, -0.05) is 30.3 Å². The van der Waals surface area contributed by atoms with E-state index < -0.39 is 18.2 Å². The zero-order valence-electron chi connectivity index (χ0n) is 13.2. The summed E-state index contributed by atoms with van der Waals surface area (Å²) in [7, 11) is 0. The van der Waals surface area contributed by atoms with Crippen LogP contribution in [0.5, 0.6) is 11.5 Å². The molecular weight excluding hydrogens is 318 g/mol. The Hall–Kier alpha value is -2.63. The summed E-state index contributed by atoms with van der Waals surface area (Å²) in [5.41, 5.74) is 0.594. The van der Waals surface area contributed by atoms with E-state index in [4.69, 9.17) is 14.2 Å². The molecule has 0 radical (unpaired) electrons. The first kappa shape index (κ1) is 16.2. The summed E-state index contributed by atoms with van der Waals surface area (Å²) in [4.78, 5) is 12.2. The summed E-state index contributed by atoms with van der Waals surface area (Å²) in [6.45, 7) is 3.21. The smallest absolute Gasteiger partial charge is 0.349 e. The number of hydrogen-bond acceptors (Lipinski definition) is 4. The van der Waals surface area contributed by atoms with Gasteiger partial charge in [0, 0.05) is 19.4 Å². The van der Waals surface area contributed by atoms with Gasteiger partial charge in [-0.2, -0.15) is 0 Å². The highest BCUT2D eigenvalue weighted by Gasteiger charge is 2.37. The first-order chi connectivity index (χ1) is 11.4. The van der Waals surface area contributed by atoms with Crippen molar-refractivity contribution in [2.24, 2.45) is 0 Å². The van der Waals surface area contributed by atoms with Gasteiger partial charge in [0.2, 0.25) is 5.79 Å². The third kappa shape index (κ3) is 3.32. The summed E-state index contributed by atoms with van der Waals surface area (Å²) in [5, 5.41) is 0.